The molecule has 3 aromatic rings. The summed E-state index contributed by atoms with van der Waals surface area (Å²) < 4.78 is 5.66. The summed E-state index contributed by atoms with van der Waals surface area (Å²) in [5.74, 6) is 0.548. The van der Waals surface area contributed by atoms with Crippen LogP contribution in [0.15, 0.2) is 77.7 Å². The van der Waals surface area contributed by atoms with Crippen molar-refractivity contribution in [2.45, 2.75) is 68.9 Å². The Balaban J connectivity index is 1.59. The van der Waals surface area contributed by atoms with Crippen LogP contribution in [0, 0.1) is 0 Å². The highest BCUT2D eigenvalue weighted by molar-refractivity contribution is 7.98. The summed E-state index contributed by atoms with van der Waals surface area (Å²) in [4.78, 5) is 29.5. The number of anilines is 1. The van der Waals surface area contributed by atoms with Crippen molar-refractivity contribution < 1.29 is 19.4 Å². The normalized spacial score (nSPS) is 15.5. The molecule has 0 spiro atoms. The Morgan fingerprint density at radius 3 is 2.32 bits per heavy atom. The maximum absolute atomic E-state index is 13.7. The van der Waals surface area contributed by atoms with E-state index in [4.69, 9.17) is 4.74 Å². The molecule has 0 aliphatic carbocycles. The third kappa shape index (κ3) is 6.97. The number of nitrogens with zero attached hydrogens (tertiary/aromatic N) is 1. The Labute approximate surface area is 229 Å². The second kappa shape index (κ2) is 11.2. The minimum absolute atomic E-state index is 0.308. The molecule has 0 saturated carbocycles. The Kier molecular flexibility index (Phi) is 8.19. The first-order valence-corrected chi connectivity index (χ1v) is 13.8. The molecule has 4 rings (SSSR count). The zero-order valence-electron chi connectivity index (χ0n) is 22.7. The summed E-state index contributed by atoms with van der Waals surface area (Å²) in [5.41, 5.74) is 2.79. The number of hydrogen-bond acceptors (Lipinski definition) is 5. The SMILES string of the molecule is CC(C)(C)OC(=O)N1CCc2cc(SCc3ccccc3)ccc2C1C(=O)Nc1ccc(C(C)(C)O)cc1. The number of carbonyl (C=O) groups excluding carboxylic acids is 2. The smallest absolute Gasteiger partial charge is 0.411 e. The lowest BCUT2D eigenvalue weighted by atomic mass is 9.92. The van der Waals surface area contributed by atoms with E-state index in [1.54, 1.807) is 49.9 Å². The van der Waals surface area contributed by atoms with Gasteiger partial charge >= 0.3 is 6.09 Å². The van der Waals surface area contributed by atoms with Gasteiger partial charge in [-0.15, -0.1) is 11.8 Å². The van der Waals surface area contributed by atoms with E-state index in [9.17, 15) is 14.7 Å². The summed E-state index contributed by atoms with van der Waals surface area (Å²) >= 11 is 1.75. The first kappa shape index (κ1) is 27.7. The Morgan fingerprint density at radius 2 is 1.68 bits per heavy atom. The molecule has 1 heterocycles. The van der Waals surface area contributed by atoms with Crippen LogP contribution in [-0.2, 0) is 27.3 Å². The minimum atomic E-state index is -0.978. The molecular weight excluding hydrogens is 496 g/mol. The summed E-state index contributed by atoms with van der Waals surface area (Å²) in [7, 11) is 0. The number of carbonyl (C=O) groups is 2. The van der Waals surface area contributed by atoms with Crippen LogP contribution in [0.4, 0.5) is 10.5 Å². The van der Waals surface area contributed by atoms with Crippen molar-refractivity contribution >= 4 is 29.4 Å². The molecular formula is C31H36N2O4S. The van der Waals surface area contributed by atoms with Crippen LogP contribution in [0.2, 0.25) is 0 Å². The first-order valence-electron chi connectivity index (χ1n) is 12.8. The lowest BCUT2D eigenvalue weighted by Gasteiger charge is -2.37. The number of rotatable bonds is 6. The van der Waals surface area contributed by atoms with E-state index in [0.717, 1.165) is 27.3 Å². The molecule has 1 aliphatic heterocycles. The molecule has 7 heteroatoms. The van der Waals surface area contributed by atoms with Crippen molar-refractivity contribution in [2.75, 3.05) is 11.9 Å². The van der Waals surface area contributed by atoms with E-state index in [1.807, 2.05) is 51.1 Å². The third-order valence-electron chi connectivity index (χ3n) is 6.33. The second-order valence-corrected chi connectivity index (χ2v) is 12.1. The van der Waals surface area contributed by atoms with Gasteiger partial charge in [-0.1, -0.05) is 48.5 Å². The van der Waals surface area contributed by atoms with Crippen LogP contribution in [0.1, 0.15) is 62.9 Å². The van der Waals surface area contributed by atoms with Crippen LogP contribution in [0.3, 0.4) is 0 Å². The maximum atomic E-state index is 13.7. The fourth-order valence-electron chi connectivity index (χ4n) is 4.41. The van der Waals surface area contributed by atoms with Crippen LogP contribution < -0.4 is 5.32 Å². The fourth-order valence-corrected chi connectivity index (χ4v) is 5.32. The van der Waals surface area contributed by atoms with Gasteiger partial charge in [0.15, 0.2) is 0 Å². The molecule has 0 radical (unpaired) electrons. The summed E-state index contributed by atoms with van der Waals surface area (Å²) in [6.07, 6.45) is 0.126. The fraction of sp³-hybridized carbons (Fsp3) is 0.355. The van der Waals surface area contributed by atoms with Crippen molar-refractivity contribution in [3.63, 3.8) is 0 Å². The number of aliphatic hydroxyl groups is 1. The number of fused-ring (bicyclic) bond motifs is 1. The molecule has 0 aromatic heterocycles. The number of thioether (sulfide) groups is 1. The quantitative estimate of drug-likeness (QED) is 0.346. The van der Waals surface area contributed by atoms with Crippen molar-refractivity contribution in [2.24, 2.45) is 0 Å². The van der Waals surface area contributed by atoms with E-state index in [2.05, 4.69) is 23.5 Å². The van der Waals surface area contributed by atoms with Gasteiger partial charge in [-0.05, 0) is 87.6 Å². The van der Waals surface area contributed by atoms with E-state index in [0.29, 0.717) is 18.7 Å². The molecule has 2 amide bonds. The van der Waals surface area contributed by atoms with E-state index < -0.39 is 23.3 Å². The van der Waals surface area contributed by atoms with Gasteiger partial charge in [0.2, 0.25) is 0 Å². The third-order valence-corrected chi connectivity index (χ3v) is 7.39. The highest BCUT2D eigenvalue weighted by Crippen LogP contribution is 2.35. The van der Waals surface area contributed by atoms with Gasteiger partial charge in [-0.3, -0.25) is 9.69 Å². The van der Waals surface area contributed by atoms with Crippen LogP contribution in [-0.4, -0.2) is 34.2 Å². The summed E-state index contributed by atoms with van der Waals surface area (Å²) in [5, 5.41) is 13.2. The average Bonchev–Trinajstić information content (AvgIpc) is 2.86. The summed E-state index contributed by atoms with van der Waals surface area (Å²) in [6, 6.07) is 22.7. The molecule has 200 valence electrons. The molecule has 0 saturated heterocycles. The van der Waals surface area contributed by atoms with E-state index >= 15 is 0 Å². The molecule has 1 aliphatic rings. The molecule has 1 unspecified atom stereocenters. The Bertz CT molecular complexity index is 1280. The molecule has 0 fully saturated rings. The number of benzene rings is 3. The lowest BCUT2D eigenvalue weighted by molar-refractivity contribution is -0.121. The number of hydrogen-bond donors (Lipinski definition) is 2. The van der Waals surface area contributed by atoms with E-state index in [-0.39, 0.29) is 5.91 Å². The maximum Gasteiger partial charge on any atom is 0.411 e. The first-order chi connectivity index (χ1) is 17.9. The van der Waals surface area contributed by atoms with Gasteiger partial charge in [0.1, 0.15) is 11.6 Å². The van der Waals surface area contributed by atoms with Gasteiger partial charge in [0.25, 0.3) is 5.91 Å². The van der Waals surface area contributed by atoms with E-state index in [1.165, 1.54) is 10.5 Å². The molecule has 6 nitrogen and oxygen atoms in total. The van der Waals surface area contributed by atoms with Gasteiger partial charge in [0.05, 0.1) is 5.60 Å². The lowest BCUT2D eigenvalue weighted by Crippen LogP contribution is -2.47. The van der Waals surface area contributed by atoms with Gasteiger partial charge in [-0.2, -0.15) is 0 Å². The number of amides is 2. The number of ether oxygens (including phenoxy) is 1. The average molecular weight is 533 g/mol. The van der Waals surface area contributed by atoms with Crippen LogP contribution in [0.5, 0.6) is 0 Å². The topological polar surface area (TPSA) is 78.9 Å². The predicted octanol–water partition coefficient (Wildman–Crippen LogP) is 6.68. The zero-order chi connectivity index (χ0) is 27.5. The Morgan fingerprint density at radius 1 is 1.00 bits per heavy atom. The van der Waals surface area contributed by atoms with Crippen molar-refractivity contribution in [1.29, 1.82) is 0 Å². The van der Waals surface area contributed by atoms with Crippen LogP contribution in [0.25, 0.3) is 0 Å². The highest BCUT2D eigenvalue weighted by Gasteiger charge is 2.38. The standard InChI is InChI=1S/C31H36N2O4S/c1-30(2,3)37-29(35)33-18-17-22-19-25(38-20-21-9-7-6-8-10-21)15-16-26(22)27(33)28(34)32-24-13-11-23(12-14-24)31(4,5)36/h6-16,19,27,36H,17-18,20H2,1-5H3,(H,32,34). The van der Waals surface area contributed by atoms with Gasteiger partial charge in [-0.25, -0.2) is 4.79 Å². The molecule has 3 aromatic carbocycles. The van der Waals surface area contributed by atoms with Crippen molar-refractivity contribution in [1.82, 2.24) is 4.90 Å². The monoisotopic (exact) mass is 532 g/mol. The number of nitrogens with one attached hydrogen (secondary N) is 1. The predicted molar refractivity (Wildman–Crippen MR) is 152 cm³/mol. The minimum Gasteiger partial charge on any atom is -0.444 e. The van der Waals surface area contributed by atoms with Gasteiger partial charge in [0, 0.05) is 22.9 Å². The summed E-state index contributed by atoms with van der Waals surface area (Å²) in [6.45, 7) is 9.26. The zero-order valence-corrected chi connectivity index (χ0v) is 23.5. The molecule has 0 bridgehead atoms. The largest absolute Gasteiger partial charge is 0.444 e. The molecule has 2 N–H and O–H groups in total. The van der Waals surface area contributed by atoms with Crippen molar-refractivity contribution in [3.05, 3.63) is 95.1 Å². The molecule has 38 heavy (non-hydrogen) atoms. The van der Waals surface area contributed by atoms with Gasteiger partial charge < -0.3 is 15.2 Å². The second-order valence-electron chi connectivity index (χ2n) is 11.1. The van der Waals surface area contributed by atoms with Crippen molar-refractivity contribution in [3.8, 4) is 0 Å². The Hall–Kier alpha value is -3.29. The molecule has 1 atom stereocenters. The highest BCUT2D eigenvalue weighted by atomic mass is 32.2. The van der Waals surface area contributed by atoms with Crippen LogP contribution >= 0.6 is 11.8 Å².